The van der Waals surface area contributed by atoms with Crippen molar-refractivity contribution in [1.29, 1.82) is 0 Å². The lowest BCUT2D eigenvalue weighted by molar-refractivity contribution is 0.103. The van der Waals surface area contributed by atoms with Crippen LogP contribution in [0, 0.1) is 0 Å². The van der Waals surface area contributed by atoms with Crippen molar-refractivity contribution in [1.82, 2.24) is 14.5 Å². The third kappa shape index (κ3) is 2.03. The molecular formula is C19H16N4O2. The Labute approximate surface area is 143 Å². The number of nitrogens with zero attached hydrogens (tertiary/aromatic N) is 4. The number of anilines is 1. The molecule has 5 rings (SSSR count). The van der Waals surface area contributed by atoms with Gasteiger partial charge < -0.3 is 4.90 Å². The number of fused-ring (bicyclic) bond motifs is 4. The third-order valence-electron chi connectivity index (χ3n) is 5.06. The molecule has 4 heterocycles. The van der Waals surface area contributed by atoms with Crippen molar-refractivity contribution in [3.63, 3.8) is 0 Å². The van der Waals surface area contributed by atoms with Gasteiger partial charge in [-0.2, -0.15) is 0 Å². The number of benzene rings is 1. The number of aromatic nitrogens is 3. The maximum absolute atomic E-state index is 12.9. The number of ketones is 1. The smallest absolute Gasteiger partial charge is 0.267 e. The lowest BCUT2D eigenvalue weighted by Gasteiger charge is -2.29. The summed E-state index contributed by atoms with van der Waals surface area (Å²) >= 11 is 0. The molecule has 0 N–H and O–H groups in total. The largest absolute Gasteiger partial charge is 0.371 e. The van der Waals surface area contributed by atoms with Crippen molar-refractivity contribution in [2.75, 3.05) is 18.0 Å². The molecule has 0 saturated carbocycles. The van der Waals surface area contributed by atoms with E-state index in [2.05, 4.69) is 14.9 Å². The van der Waals surface area contributed by atoms with Crippen LogP contribution in [0.1, 0.15) is 35.4 Å². The van der Waals surface area contributed by atoms with E-state index < -0.39 is 0 Å². The van der Waals surface area contributed by atoms with Gasteiger partial charge in [-0.15, -0.1) is 0 Å². The highest BCUT2D eigenvalue weighted by Gasteiger charge is 2.31. The minimum atomic E-state index is -0.240. The monoisotopic (exact) mass is 332 g/mol. The average molecular weight is 332 g/mol. The Kier molecular flexibility index (Phi) is 3.00. The summed E-state index contributed by atoms with van der Waals surface area (Å²) in [4.78, 5) is 36.4. The molecule has 0 amide bonds. The molecule has 6 nitrogen and oxygen atoms in total. The minimum Gasteiger partial charge on any atom is -0.371 e. The van der Waals surface area contributed by atoms with E-state index in [9.17, 15) is 9.59 Å². The number of carbonyl (C=O) groups excluding carboxylic acids is 1. The first-order valence-electron chi connectivity index (χ1n) is 8.55. The number of hydrogen-bond acceptors (Lipinski definition) is 5. The van der Waals surface area contributed by atoms with Crippen molar-refractivity contribution in [2.45, 2.75) is 19.3 Å². The number of hydrogen-bond donors (Lipinski definition) is 0. The second kappa shape index (κ2) is 5.24. The fourth-order valence-electron chi connectivity index (χ4n) is 3.77. The fraction of sp³-hybridized carbons (Fsp3) is 0.263. The summed E-state index contributed by atoms with van der Waals surface area (Å²) in [5, 5.41) is 0.426. The van der Waals surface area contributed by atoms with E-state index in [1.165, 1.54) is 30.0 Å². The lowest BCUT2D eigenvalue weighted by atomic mass is 10.1. The standard InChI is InChI=1S/C19H16N4O2/c24-17-13-5-4-12(22-8-2-1-3-9-22)10-16(13)23-18(17)21-15-6-7-20-11-14(15)19(23)25/h4-7,10-11H,1-3,8-9H2. The van der Waals surface area contributed by atoms with E-state index in [-0.39, 0.29) is 17.2 Å². The van der Waals surface area contributed by atoms with Crippen molar-refractivity contribution < 1.29 is 4.79 Å². The Morgan fingerprint density at radius 3 is 2.68 bits per heavy atom. The summed E-state index contributed by atoms with van der Waals surface area (Å²) in [6.45, 7) is 2.02. The molecule has 25 heavy (non-hydrogen) atoms. The van der Waals surface area contributed by atoms with Gasteiger partial charge >= 0.3 is 0 Å². The molecule has 124 valence electrons. The van der Waals surface area contributed by atoms with Crippen LogP contribution in [-0.4, -0.2) is 33.4 Å². The van der Waals surface area contributed by atoms with Gasteiger partial charge in [-0.3, -0.25) is 19.1 Å². The van der Waals surface area contributed by atoms with Crippen LogP contribution in [0.15, 0.2) is 41.5 Å². The summed E-state index contributed by atoms with van der Waals surface area (Å²) in [7, 11) is 0. The van der Waals surface area contributed by atoms with E-state index in [1.54, 1.807) is 12.3 Å². The molecule has 3 aromatic rings. The van der Waals surface area contributed by atoms with E-state index in [0.29, 0.717) is 22.2 Å². The highest BCUT2D eigenvalue weighted by Crippen LogP contribution is 2.31. The van der Waals surface area contributed by atoms with Crippen LogP contribution in [0.3, 0.4) is 0 Å². The van der Waals surface area contributed by atoms with Gasteiger partial charge in [0.1, 0.15) is 0 Å². The van der Waals surface area contributed by atoms with E-state index in [4.69, 9.17) is 0 Å². The van der Waals surface area contributed by atoms with E-state index in [0.717, 1.165) is 18.8 Å². The zero-order chi connectivity index (χ0) is 17.0. The molecule has 1 saturated heterocycles. The number of rotatable bonds is 1. The number of carbonyl (C=O) groups is 1. The Balaban J connectivity index is 1.74. The van der Waals surface area contributed by atoms with Crippen molar-refractivity contribution >= 4 is 22.4 Å². The van der Waals surface area contributed by atoms with Gasteiger partial charge in [0, 0.05) is 31.2 Å². The van der Waals surface area contributed by atoms with Crippen LogP contribution in [0.4, 0.5) is 5.69 Å². The first-order valence-corrected chi connectivity index (χ1v) is 8.55. The van der Waals surface area contributed by atoms with Gasteiger partial charge in [0.2, 0.25) is 5.78 Å². The molecule has 0 atom stereocenters. The van der Waals surface area contributed by atoms with Crippen LogP contribution >= 0.6 is 0 Å². The highest BCUT2D eigenvalue weighted by atomic mass is 16.1. The van der Waals surface area contributed by atoms with Gasteiger partial charge in [-0.25, -0.2) is 4.98 Å². The maximum Gasteiger partial charge on any atom is 0.267 e. The zero-order valence-electron chi connectivity index (χ0n) is 13.6. The summed E-state index contributed by atoms with van der Waals surface area (Å²) < 4.78 is 1.44. The summed E-state index contributed by atoms with van der Waals surface area (Å²) in [6, 6.07) is 7.40. The number of piperidine rings is 1. The normalized spacial score (nSPS) is 16.2. The third-order valence-corrected chi connectivity index (χ3v) is 5.06. The molecule has 0 aliphatic carbocycles. The van der Waals surface area contributed by atoms with E-state index >= 15 is 0 Å². The molecule has 2 aromatic heterocycles. The summed E-state index contributed by atoms with van der Waals surface area (Å²) in [5.41, 5.74) is 2.48. The SMILES string of the molecule is O=C1c2ccc(N3CCCCC3)cc2-n2c1nc1ccncc1c2=O. The first kappa shape index (κ1) is 14.3. The van der Waals surface area contributed by atoms with Crippen LogP contribution < -0.4 is 10.5 Å². The van der Waals surface area contributed by atoms with Gasteiger partial charge in [-0.1, -0.05) is 0 Å². The van der Waals surface area contributed by atoms with Gasteiger partial charge in [0.05, 0.1) is 22.2 Å². The Morgan fingerprint density at radius 2 is 1.84 bits per heavy atom. The Morgan fingerprint density at radius 1 is 1.00 bits per heavy atom. The summed E-state index contributed by atoms with van der Waals surface area (Å²) in [5.74, 6) is -0.00880. The molecule has 2 aliphatic heterocycles. The first-order chi connectivity index (χ1) is 12.2. The predicted octanol–water partition coefficient (Wildman–Crippen LogP) is 2.32. The summed E-state index contributed by atoms with van der Waals surface area (Å²) in [6.07, 6.45) is 6.68. The zero-order valence-corrected chi connectivity index (χ0v) is 13.6. The molecule has 0 unspecified atom stereocenters. The number of pyridine rings is 1. The molecule has 0 spiro atoms. The van der Waals surface area contributed by atoms with Crippen LogP contribution in [-0.2, 0) is 0 Å². The maximum atomic E-state index is 12.9. The van der Waals surface area contributed by atoms with Crippen LogP contribution in [0.2, 0.25) is 0 Å². The van der Waals surface area contributed by atoms with Crippen molar-refractivity contribution in [2.24, 2.45) is 0 Å². The predicted molar refractivity (Wildman–Crippen MR) is 94.6 cm³/mol. The molecule has 1 aromatic carbocycles. The van der Waals surface area contributed by atoms with E-state index in [1.807, 2.05) is 18.2 Å². The second-order valence-corrected chi connectivity index (χ2v) is 6.55. The molecule has 1 fully saturated rings. The average Bonchev–Trinajstić information content (AvgIpc) is 2.95. The fourth-order valence-corrected chi connectivity index (χ4v) is 3.77. The van der Waals surface area contributed by atoms with Gasteiger partial charge in [-0.05, 0) is 43.5 Å². The van der Waals surface area contributed by atoms with Crippen molar-refractivity contribution in [3.8, 4) is 5.69 Å². The molecular weight excluding hydrogens is 316 g/mol. The van der Waals surface area contributed by atoms with Gasteiger partial charge in [0.25, 0.3) is 5.56 Å². The Bertz CT molecular complexity index is 1080. The topological polar surface area (TPSA) is 68.1 Å². The quantitative estimate of drug-likeness (QED) is 0.535. The molecule has 0 radical (unpaired) electrons. The Hall–Kier alpha value is -3.02. The molecule has 6 heteroatoms. The van der Waals surface area contributed by atoms with Gasteiger partial charge in [0.15, 0.2) is 5.82 Å². The molecule has 0 bridgehead atoms. The van der Waals surface area contributed by atoms with Crippen LogP contribution in [0.25, 0.3) is 16.6 Å². The minimum absolute atomic E-state index is 0.189. The highest BCUT2D eigenvalue weighted by molar-refractivity contribution is 6.13. The second-order valence-electron chi connectivity index (χ2n) is 6.55. The van der Waals surface area contributed by atoms with Crippen LogP contribution in [0.5, 0.6) is 0 Å². The molecule has 2 aliphatic rings. The van der Waals surface area contributed by atoms with Crippen molar-refractivity contribution in [3.05, 3.63) is 58.4 Å². The lowest BCUT2D eigenvalue weighted by Crippen LogP contribution is -2.29.